The van der Waals surface area contributed by atoms with Crippen molar-refractivity contribution in [3.05, 3.63) is 65.2 Å². The monoisotopic (exact) mass is 444 g/mol. The SMILES string of the molecule is CCc1ccc(NC(=O)C(C)OC(=O)C2CCN(C(=O)c3ccc(F)cc3F)CC2)cc1. The number of hydrogen-bond donors (Lipinski definition) is 1. The van der Waals surface area contributed by atoms with E-state index in [1.54, 1.807) is 12.1 Å². The minimum Gasteiger partial charge on any atom is -0.452 e. The Morgan fingerprint density at radius 1 is 1.09 bits per heavy atom. The molecular weight excluding hydrogens is 418 g/mol. The van der Waals surface area contributed by atoms with Gasteiger partial charge in [0, 0.05) is 24.8 Å². The number of halogens is 2. The van der Waals surface area contributed by atoms with E-state index >= 15 is 0 Å². The Bertz CT molecular complexity index is 986. The van der Waals surface area contributed by atoms with E-state index in [1.165, 1.54) is 11.8 Å². The van der Waals surface area contributed by atoms with E-state index in [0.717, 1.165) is 24.1 Å². The van der Waals surface area contributed by atoms with E-state index in [4.69, 9.17) is 4.74 Å². The van der Waals surface area contributed by atoms with Crippen molar-refractivity contribution in [1.82, 2.24) is 4.90 Å². The lowest BCUT2D eigenvalue weighted by Gasteiger charge is -2.31. The van der Waals surface area contributed by atoms with Crippen LogP contribution in [-0.4, -0.2) is 41.9 Å². The number of ether oxygens (including phenoxy) is 1. The fourth-order valence-electron chi connectivity index (χ4n) is 3.54. The zero-order valence-corrected chi connectivity index (χ0v) is 18.1. The quantitative estimate of drug-likeness (QED) is 0.685. The first kappa shape index (κ1) is 23.4. The molecule has 6 nitrogen and oxygen atoms in total. The summed E-state index contributed by atoms with van der Waals surface area (Å²) in [5.74, 6) is -3.61. The molecule has 170 valence electrons. The minimum atomic E-state index is -0.971. The topological polar surface area (TPSA) is 75.7 Å². The van der Waals surface area contributed by atoms with Gasteiger partial charge in [0.15, 0.2) is 6.10 Å². The van der Waals surface area contributed by atoms with Crippen molar-refractivity contribution < 1.29 is 27.9 Å². The normalized spacial score (nSPS) is 15.2. The number of nitrogens with zero attached hydrogens (tertiary/aromatic N) is 1. The van der Waals surface area contributed by atoms with Crippen LogP contribution in [0.2, 0.25) is 0 Å². The maximum absolute atomic E-state index is 13.9. The van der Waals surface area contributed by atoms with Gasteiger partial charge < -0.3 is 15.0 Å². The van der Waals surface area contributed by atoms with Crippen molar-refractivity contribution in [2.24, 2.45) is 5.92 Å². The second-order valence-corrected chi connectivity index (χ2v) is 7.81. The molecule has 1 aliphatic heterocycles. The molecule has 8 heteroatoms. The molecule has 1 atom stereocenters. The summed E-state index contributed by atoms with van der Waals surface area (Å²) in [5.41, 5.74) is 1.56. The molecule has 0 saturated carbocycles. The van der Waals surface area contributed by atoms with E-state index in [2.05, 4.69) is 5.32 Å². The van der Waals surface area contributed by atoms with Crippen molar-refractivity contribution >= 4 is 23.5 Å². The molecule has 1 aliphatic rings. The van der Waals surface area contributed by atoms with Crippen LogP contribution >= 0.6 is 0 Å². The van der Waals surface area contributed by atoms with Gasteiger partial charge in [0.2, 0.25) is 0 Å². The summed E-state index contributed by atoms with van der Waals surface area (Å²) in [5, 5.41) is 2.72. The molecule has 2 aromatic carbocycles. The highest BCUT2D eigenvalue weighted by molar-refractivity contribution is 5.95. The molecule has 0 radical (unpaired) electrons. The maximum Gasteiger partial charge on any atom is 0.309 e. The van der Waals surface area contributed by atoms with Gasteiger partial charge in [-0.3, -0.25) is 14.4 Å². The third kappa shape index (κ3) is 5.69. The van der Waals surface area contributed by atoms with E-state index in [9.17, 15) is 23.2 Å². The molecule has 0 bridgehead atoms. The lowest BCUT2D eigenvalue weighted by atomic mass is 9.96. The third-order valence-corrected chi connectivity index (χ3v) is 5.57. The Morgan fingerprint density at radius 2 is 1.75 bits per heavy atom. The molecule has 2 aromatic rings. The van der Waals surface area contributed by atoms with Crippen LogP contribution in [0, 0.1) is 17.6 Å². The summed E-state index contributed by atoms with van der Waals surface area (Å²) in [6, 6.07) is 10.2. The van der Waals surface area contributed by atoms with Crippen LogP contribution < -0.4 is 5.32 Å². The molecule has 0 spiro atoms. The zero-order chi connectivity index (χ0) is 23.3. The number of aryl methyl sites for hydroxylation is 1. The van der Waals surface area contributed by atoms with Gasteiger partial charge >= 0.3 is 5.97 Å². The fourth-order valence-corrected chi connectivity index (χ4v) is 3.54. The summed E-state index contributed by atoms with van der Waals surface area (Å²) in [4.78, 5) is 38.7. The Balaban J connectivity index is 1.49. The summed E-state index contributed by atoms with van der Waals surface area (Å²) >= 11 is 0. The predicted molar refractivity (Wildman–Crippen MR) is 115 cm³/mol. The molecule has 1 fully saturated rings. The van der Waals surface area contributed by atoms with Gasteiger partial charge in [-0.2, -0.15) is 0 Å². The highest BCUT2D eigenvalue weighted by Crippen LogP contribution is 2.22. The van der Waals surface area contributed by atoms with Gasteiger partial charge in [-0.05, 0) is 56.0 Å². The first-order valence-electron chi connectivity index (χ1n) is 10.6. The first-order valence-corrected chi connectivity index (χ1v) is 10.6. The molecule has 32 heavy (non-hydrogen) atoms. The summed E-state index contributed by atoms with van der Waals surface area (Å²) in [7, 11) is 0. The number of nitrogens with one attached hydrogen (secondary N) is 1. The Hall–Kier alpha value is -3.29. The average Bonchev–Trinajstić information content (AvgIpc) is 2.79. The molecule has 1 saturated heterocycles. The molecule has 2 amide bonds. The number of likely N-dealkylation sites (tertiary alicyclic amines) is 1. The molecule has 1 heterocycles. The Morgan fingerprint density at radius 3 is 2.34 bits per heavy atom. The van der Waals surface area contributed by atoms with Crippen molar-refractivity contribution in [3.63, 3.8) is 0 Å². The standard InChI is InChI=1S/C24H26F2N2O4/c1-3-16-4-7-19(8-5-16)27-22(29)15(2)32-24(31)17-10-12-28(13-11-17)23(30)20-9-6-18(25)14-21(20)26/h4-9,14-15,17H,3,10-13H2,1-2H3,(H,27,29). The van der Waals surface area contributed by atoms with E-state index in [1.807, 2.05) is 19.1 Å². The molecule has 0 aromatic heterocycles. The highest BCUT2D eigenvalue weighted by Gasteiger charge is 2.31. The van der Waals surface area contributed by atoms with Crippen LogP contribution in [0.5, 0.6) is 0 Å². The fraction of sp³-hybridized carbons (Fsp3) is 0.375. The number of rotatable bonds is 6. The van der Waals surface area contributed by atoms with Crippen LogP contribution in [0.1, 0.15) is 42.6 Å². The van der Waals surface area contributed by atoms with Crippen molar-refractivity contribution in [2.75, 3.05) is 18.4 Å². The molecule has 0 aliphatic carbocycles. The number of carbonyl (C=O) groups is 3. The smallest absolute Gasteiger partial charge is 0.309 e. The number of piperidine rings is 1. The third-order valence-electron chi connectivity index (χ3n) is 5.57. The second-order valence-electron chi connectivity index (χ2n) is 7.81. The number of anilines is 1. The van der Waals surface area contributed by atoms with E-state index in [0.29, 0.717) is 24.6 Å². The molecule has 1 unspecified atom stereocenters. The number of amides is 2. The Labute approximate surface area is 185 Å². The number of carbonyl (C=O) groups excluding carboxylic acids is 3. The number of esters is 1. The largest absolute Gasteiger partial charge is 0.452 e. The van der Waals surface area contributed by atoms with Gasteiger partial charge in [0.05, 0.1) is 11.5 Å². The van der Waals surface area contributed by atoms with Gasteiger partial charge in [0.25, 0.3) is 11.8 Å². The summed E-state index contributed by atoms with van der Waals surface area (Å²) < 4.78 is 32.3. The number of hydrogen-bond acceptors (Lipinski definition) is 4. The lowest BCUT2D eigenvalue weighted by molar-refractivity contribution is -0.158. The average molecular weight is 444 g/mol. The zero-order valence-electron chi connectivity index (χ0n) is 18.1. The molecule has 1 N–H and O–H groups in total. The van der Waals surface area contributed by atoms with Crippen LogP contribution in [0.3, 0.4) is 0 Å². The van der Waals surface area contributed by atoms with Crippen molar-refractivity contribution in [3.8, 4) is 0 Å². The van der Waals surface area contributed by atoms with Crippen molar-refractivity contribution in [2.45, 2.75) is 39.2 Å². The van der Waals surface area contributed by atoms with Crippen LogP contribution in [0.25, 0.3) is 0 Å². The summed E-state index contributed by atoms with van der Waals surface area (Å²) in [6.45, 7) is 4.01. The first-order chi connectivity index (χ1) is 15.3. The maximum atomic E-state index is 13.9. The van der Waals surface area contributed by atoms with E-state index < -0.39 is 41.4 Å². The van der Waals surface area contributed by atoms with Gasteiger partial charge in [-0.15, -0.1) is 0 Å². The van der Waals surface area contributed by atoms with Gasteiger partial charge in [0.1, 0.15) is 11.6 Å². The van der Waals surface area contributed by atoms with Crippen molar-refractivity contribution in [1.29, 1.82) is 0 Å². The number of benzene rings is 2. The minimum absolute atomic E-state index is 0.204. The van der Waals surface area contributed by atoms with E-state index in [-0.39, 0.29) is 18.7 Å². The highest BCUT2D eigenvalue weighted by atomic mass is 19.1. The second kappa shape index (κ2) is 10.3. The predicted octanol–water partition coefficient (Wildman–Crippen LogP) is 3.95. The Kier molecular flexibility index (Phi) is 7.56. The molecular formula is C24H26F2N2O4. The lowest BCUT2D eigenvalue weighted by Crippen LogP contribution is -2.42. The van der Waals surface area contributed by atoms with Crippen LogP contribution in [-0.2, 0) is 20.7 Å². The molecule has 3 rings (SSSR count). The summed E-state index contributed by atoms with van der Waals surface area (Å²) in [6.07, 6.45) is 0.590. The van der Waals surface area contributed by atoms with Gasteiger partial charge in [-0.25, -0.2) is 8.78 Å². The van der Waals surface area contributed by atoms with Gasteiger partial charge in [-0.1, -0.05) is 19.1 Å². The van der Waals surface area contributed by atoms with Crippen LogP contribution in [0.4, 0.5) is 14.5 Å². The van der Waals surface area contributed by atoms with Crippen LogP contribution in [0.15, 0.2) is 42.5 Å².